The third-order valence-corrected chi connectivity index (χ3v) is 12.3. The van der Waals surface area contributed by atoms with Gasteiger partial charge < -0.3 is 29.4 Å². The van der Waals surface area contributed by atoms with Crippen LogP contribution >= 0.6 is 11.3 Å². The molecule has 3 aromatic heterocycles. The molecule has 6 bridgehead atoms. The number of fused-ring (bicyclic) bond motifs is 6. The minimum Gasteiger partial charge on any atom is -0.464 e. The fourth-order valence-electron chi connectivity index (χ4n) is 8.80. The zero-order valence-electron chi connectivity index (χ0n) is 32.3. The molecule has 2 fully saturated rings. The standard InChI is InChI=1S/C41H53N7O5S/c1-23-19-46(20-24(2)53-23)28-15-30(36(43-18-28)25(3)51-6)38-31-17-41(4,5)22-52-40(50)33-10-8-12-48(45-33)39(49)32(42)16-35-44-34(21-54-35)27-13-26-9-7-11-47(38)37(26)29(31)14-27/h13-15,18,21,23-25,32-33,45H,7-12,16-17,19-20,22,42H2,1-6H3/t23-,24+,25-,32-,33-/m0/s1. The van der Waals surface area contributed by atoms with E-state index in [2.05, 4.69) is 73.1 Å². The van der Waals surface area contributed by atoms with Crippen molar-refractivity contribution in [2.24, 2.45) is 11.1 Å². The van der Waals surface area contributed by atoms with Crippen LogP contribution in [-0.4, -0.2) is 89.1 Å². The van der Waals surface area contributed by atoms with Gasteiger partial charge in [0.25, 0.3) is 5.91 Å². The van der Waals surface area contributed by atoms with Gasteiger partial charge >= 0.3 is 5.97 Å². The van der Waals surface area contributed by atoms with Crippen LogP contribution in [0.1, 0.15) is 81.8 Å². The van der Waals surface area contributed by atoms with E-state index in [1.165, 1.54) is 38.4 Å². The van der Waals surface area contributed by atoms with Crippen molar-refractivity contribution in [3.05, 3.63) is 51.6 Å². The molecular formula is C41H53N7O5S. The van der Waals surface area contributed by atoms with E-state index in [0.717, 1.165) is 71.4 Å². The Kier molecular flexibility index (Phi) is 10.1. The summed E-state index contributed by atoms with van der Waals surface area (Å²) in [5.74, 6) is -0.597. The van der Waals surface area contributed by atoms with Gasteiger partial charge in [-0.15, -0.1) is 11.3 Å². The van der Waals surface area contributed by atoms with Crippen molar-refractivity contribution in [2.75, 3.05) is 38.3 Å². The maximum atomic E-state index is 13.6. The maximum Gasteiger partial charge on any atom is 0.324 e. The number of benzene rings is 1. The van der Waals surface area contributed by atoms with Gasteiger partial charge in [-0.05, 0) is 82.2 Å². The van der Waals surface area contributed by atoms with Crippen LogP contribution in [0, 0.1) is 5.41 Å². The zero-order valence-corrected chi connectivity index (χ0v) is 33.1. The molecule has 0 unspecified atom stereocenters. The molecule has 0 saturated carbocycles. The number of cyclic esters (lactones) is 1. The number of hydrogen-bond donors (Lipinski definition) is 2. The number of carbonyl (C=O) groups is 2. The van der Waals surface area contributed by atoms with E-state index in [4.69, 9.17) is 29.9 Å². The number of hydrazine groups is 1. The number of nitrogens with zero attached hydrogens (tertiary/aromatic N) is 5. The van der Waals surface area contributed by atoms with Crippen LogP contribution in [0.25, 0.3) is 33.4 Å². The second kappa shape index (κ2) is 14.6. The number of pyridine rings is 1. The molecule has 288 valence electrons. The highest BCUT2D eigenvalue weighted by molar-refractivity contribution is 7.10. The van der Waals surface area contributed by atoms with Crippen LogP contribution in [0.5, 0.6) is 0 Å². The van der Waals surface area contributed by atoms with Crippen LogP contribution in [0.3, 0.4) is 0 Å². The number of aryl methyl sites for hydroxylation is 2. The lowest BCUT2D eigenvalue weighted by molar-refractivity contribution is -0.154. The number of anilines is 1. The summed E-state index contributed by atoms with van der Waals surface area (Å²) >= 11 is 1.53. The average molecular weight is 756 g/mol. The molecule has 0 radical (unpaired) electrons. The van der Waals surface area contributed by atoms with E-state index in [-0.39, 0.29) is 36.8 Å². The SMILES string of the molecule is CO[C@@H](C)c1ncc(N2C[C@@H](C)O[C@@H](C)C2)cc1-c1c2c3cc(cc4c3n1CCC4)-c1csc(n1)C[C@H](N)C(=O)N1CCC[C@H](N1)C(=O)OCC(C)(C)C2. The second-order valence-electron chi connectivity index (χ2n) is 16.5. The Morgan fingerprint density at radius 1 is 1.11 bits per heavy atom. The summed E-state index contributed by atoms with van der Waals surface area (Å²) in [4.78, 5) is 39.6. The molecule has 54 heavy (non-hydrogen) atoms. The van der Waals surface area contributed by atoms with Crippen molar-refractivity contribution in [3.8, 4) is 22.5 Å². The van der Waals surface area contributed by atoms with Gasteiger partial charge in [0.05, 0.1) is 70.5 Å². The number of carbonyl (C=O) groups excluding carboxylic acids is 2. The smallest absolute Gasteiger partial charge is 0.324 e. The first-order valence-electron chi connectivity index (χ1n) is 19.4. The monoisotopic (exact) mass is 755 g/mol. The number of ether oxygens (including phenoxy) is 3. The minimum absolute atomic E-state index is 0.107. The van der Waals surface area contributed by atoms with Gasteiger partial charge in [0.1, 0.15) is 6.04 Å². The number of amides is 1. The second-order valence-corrected chi connectivity index (χ2v) is 17.4. The molecule has 13 heteroatoms. The molecule has 4 aliphatic rings. The Morgan fingerprint density at radius 2 is 1.91 bits per heavy atom. The summed E-state index contributed by atoms with van der Waals surface area (Å²) in [6.45, 7) is 13.8. The summed E-state index contributed by atoms with van der Waals surface area (Å²) in [6, 6.07) is 5.49. The molecule has 7 heterocycles. The van der Waals surface area contributed by atoms with Crippen molar-refractivity contribution in [3.63, 3.8) is 0 Å². The first-order valence-corrected chi connectivity index (χ1v) is 20.3. The number of esters is 1. The van der Waals surface area contributed by atoms with Crippen molar-refractivity contribution in [1.29, 1.82) is 0 Å². The summed E-state index contributed by atoms with van der Waals surface area (Å²) < 4.78 is 20.7. The van der Waals surface area contributed by atoms with E-state index < -0.39 is 17.5 Å². The highest BCUT2D eigenvalue weighted by Crippen LogP contribution is 2.45. The first-order chi connectivity index (χ1) is 25.9. The molecule has 5 atom stereocenters. The van der Waals surface area contributed by atoms with E-state index >= 15 is 0 Å². The lowest BCUT2D eigenvalue weighted by Crippen LogP contribution is -2.59. The van der Waals surface area contributed by atoms with E-state index in [1.807, 2.05) is 6.20 Å². The number of thiazole rings is 1. The number of nitrogens with two attached hydrogens (primary N) is 1. The van der Waals surface area contributed by atoms with Crippen molar-refractivity contribution in [1.82, 2.24) is 25.0 Å². The Labute approximate surface area is 321 Å². The van der Waals surface area contributed by atoms with E-state index in [9.17, 15) is 9.59 Å². The molecular weight excluding hydrogens is 703 g/mol. The molecule has 0 spiro atoms. The topological polar surface area (TPSA) is 137 Å². The summed E-state index contributed by atoms with van der Waals surface area (Å²) in [6.07, 6.45) is 6.15. The number of nitrogens with one attached hydrogen (secondary N) is 1. The third-order valence-electron chi connectivity index (χ3n) is 11.4. The van der Waals surface area contributed by atoms with Crippen LogP contribution in [0.2, 0.25) is 0 Å². The highest BCUT2D eigenvalue weighted by Gasteiger charge is 2.35. The molecule has 4 aromatic rings. The van der Waals surface area contributed by atoms with Gasteiger partial charge in [-0.3, -0.25) is 19.6 Å². The van der Waals surface area contributed by atoms with Crippen molar-refractivity contribution in [2.45, 2.75) is 110 Å². The lowest BCUT2D eigenvalue weighted by atomic mass is 9.84. The maximum absolute atomic E-state index is 13.6. The molecule has 2 saturated heterocycles. The predicted molar refractivity (Wildman–Crippen MR) is 210 cm³/mol. The summed E-state index contributed by atoms with van der Waals surface area (Å²) in [5, 5.41) is 5.56. The lowest BCUT2D eigenvalue weighted by Gasteiger charge is -2.37. The van der Waals surface area contributed by atoms with Gasteiger partial charge in [-0.1, -0.05) is 13.8 Å². The summed E-state index contributed by atoms with van der Waals surface area (Å²) in [5.41, 5.74) is 19.0. The van der Waals surface area contributed by atoms with Crippen molar-refractivity contribution >= 4 is 39.8 Å². The fourth-order valence-corrected chi connectivity index (χ4v) is 9.66. The van der Waals surface area contributed by atoms with Gasteiger partial charge in [0.2, 0.25) is 0 Å². The largest absolute Gasteiger partial charge is 0.464 e. The Hall–Kier alpha value is -3.88. The minimum atomic E-state index is -0.784. The van der Waals surface area contributed by atoms with Gasteiger partial charge in [0, 0.05) is 67.0 Å². The number of methoxy groups -OCH3 is 1. The number of hydrogen-bond acceptors (Lipinski definition) is 11. The van der Waals surface area contributed by atoms with E-state index in [1.54, 1.807) is 7.11 Å². The Balaban J connectivity index is 1.32. The van der Waals surface area contributed by atoms with Gasteiger partial charge in [0.15, 0.2) is 0 Å². The molecule has 8 rings (SSSR count). The van der Waals surface area contributed by atoms with E-state index in [0.29, 0.717) is 32.2 Å². The Morgan fingerprint density at radius 3 is 2.69 bits per heavy atom. The van der Waals surface area contributed by atoms with Crippen molar-refractivity contribution < 1.29 is 23.8 Å². The van der Waals surface area contributed by atoms with Crippen LogP contribution in [0.15, 0.2) is 29.8 Å². The number of rotatable bonds is 4. The molecule has 3 N–H and O–H groups in total. The predicted octanol–water partition coefficient (Wildman–Crippen LogP) is 5.58. The van der Waals surface area contributed by atoms with Gasteiger partial charge in [-0.25, -0.2) is 10.4 Å². The van der Waals surface area contributed by atoms with Gasteiger partial charge in [-0.2, -0.15) is 0 Å². The highest BCUT2D eigenvalue weighted by atomic mass is 32.1. The molecule has 1 aromatic carbocycles. The number of morpholine rings is 1. The molecule has 4 aliphatic heterocycles. The molecule has 1 amide bonds. The molecule has 0 aliphatic carbocycles. The fraction of sp³-hybridized carbons (Fsp3) is 0.561. The average Bonchev–Trinajstić information content (AvgIpc) is 3.75. The van der Waals surface area contributed by atoms with Crippen LogP contribution in [-0.2, 0) is 49.6 Å². The van der Waals surface area contributed by atoms with Crippen LogP contribution in [0.4, 0.5) is 5.69 Å². The first kappa shape index (κ1) is 37.1. The summed E-state index contributed by atoms with van der Waals surface area (Å²) in [7, 11) is 1.74. The number of aromatic nitrogens is 3. The third kappa shape index (κ3) is 7.05. The Bertz CT molecular complexity index is 2070. The quantitative estimate of drug-likeness (QED) is 0.254. The normalized spacial score (nSPS) is 25.4. The molecule has 12 nitrogen and oxygen atoms in total. The van der Waals surface area contributed by atoms with Crippen LogP contribution < -0.4 is 16.1 Å². The zero-order chi connectivity index (χ0) is 37.9.